The molecule has 0 amide bonds. The molecule has 0 bridgehead atoms. The Kier molecular flexibility index (Phi) is 5.89. The summed E-state index contributed by atoms with van der Waals surface area (Å²) in [6.07, 6.45) is 0. The number of thiophene rings is 1. The maximum absolute atomic E-state index is 2.49. The summed E-state index contributed by atoms with van der Waals surface area (Å²) in [6.45, 7) is 0. The fourth-order valence-electron chi connectivity index (χ4n) is 8.41. The highest BCUT2D eigenvalue weighted by atomic mass is 32.1. The summed E-state index contributed by atoms with van der Waals surface area (Å²) in [7, 11) is 0. The summed E-state index contributed by atoms with van der Waals surface area (Å²) >= 11 is 1.90. The first-order chi connectivity index (χ1) is 24.8. The van der Waals surface area contributed by atoms with Crippen LogP contribution in [0.25, 0.3) is 102 Å². The quantitative estimate of drug-likeness (QED) is 0.168. The van der Waals surface area contributed by atoms with Crippen molar-refractivity contribution in [1.29, 1.82) is 0 Å². The number of benzene rings is 9. The van der Waals surface area contributed by atoms with Crippen LogP contribution in [0.5, 0.6) is 0 Å². The molecule has 50 heavy (non-hydrogen) atoms. The minimum atomic E-state index is 1.16. The molecule has 0 N–H and O–H groups in total. The molecule has 0 atom stereocenters. The van der Waals surface area contributed by atoms with Gasteiger partial charge in [-0.25, -0.2) is 0 Å². The van der Waals surface area contributed by atoms with Gasteiger partial charge in [0.05, 0.1) is 11.0 Å². The third-order valence-corrected chi connectivity index (χ3v) is 11.8. The average molecular weight is 652 g/mol. The second-order valence-corrected chi connectivity index (χ2v) is 14.3. The first kappa shape index (κ1) is 27.7. The number of hydrogen-bond acceptors (Lipinski definition) is 1. The average Bonchev–Trinajstić information content (AvgIpc) is 3.75. The van der Waals surface area contributed by atoms with Crippen LogP contribution in [0.1, 0.15) is 0 Å². The predicted octanol–water partition coefficient (Wildman–Crippen LogP) is 13.9. The molecule has 2 heteroatoms. The van der Waals surface area contributed by atoms with Crippen LogP contribution in [0.3, 0.4) is 0 Å². The van der Waals surface area contributed by atoms with E-state index in [0.29, 0.717) is 0 Å². The van der Waals surface area contributed by atoms with Crippen LogP contribution in [0.15, 0.2) is 176 Å². The number of aromatic nitrogens is 1. The Hall–Kier alpha value is -6.22. The predicted molar refractivity (Wildman–Crippen MR) is 217 cm³/mol. The normalized spacial score (nSPS) is 12.0. The third kappa shape index (κ3) is 3.88. The first-order valence-electron chi connectivity index (χ1n) is 17.2. The van der Waals surface area contributed by atoms with Gasteiger partial charge in [-0.15, -0.1) is 11.3 Å². The Morgan fingerprint density at radius 2 is 0.980 bits per heavy atom. The molecular formula is C48H29NS. The van der Waals surface area contributed by atoms with Gasteiger partial charge >= 0.3 is 0 Å². The lowest BCUT2D eigenvalue weighted by molar-refractivity contribution is 1.19. The smallest absolute Gasteiger partial charge is 0.0626 e. The van der Waals surface area contributed by atoms with E-state index in [1.54, 1.807) is 0 Å². The molecule has 0 saturated heterocycles. The highest BCUT2D eigenvalue weighted by molar-refractivity contribution is 7.26. The largest absolute Gasteiger partial charge is 0.309 e. The van der Waals surface area contributed by atoms with E-state index in [4.69, 9.17) is 0 Å². The Labute approximate surface area is 292 Å². The van der Waals surface area contributed by atoms with Crippen molar-refractivity contribution in [2.45, 2.75) is 0 Å². The lowest BCUT2D eigenvalue weighted by Gasteiger charge is -2.17. The molecule has 0 unspecified atom stereocenters. The minimum absolute atomic E-state index is 1.16. The van der Waals surface area contributed by atoms with E-state index in [1.165, 1.54) is 96.5 Å². The summed E-state index contributed by atoms with van der Waals surface area (Å²) < 4.78 is 5.16. The van der Waals surface area contributed by atoms with Crippen molar-refractivity contribution in [2.75, 3.05) is 0 Å². The highest BCUT2D eigenvalue weighted by Crippen LogP contribution is 2.48. The lowest BCUT2D eigenvalue weighted by atomic mass is 9.88. The van der Waals surface area contributed by atoms with Crippen LogP contribution in [-0.4, -0.2) is 4.57 Å². The van der Waals surface area contributed by atoms with Gasteiger partial charge in [0, 0.05) is 53.0 Å². The molecule has 0 radical (unpaired) electrons. The van der Waals surface area contributed by atoms with Gasteiger partial charge in [-0.1, -0.05) is 146 Å². The zero-order chi connectivity index (χ0) is 32.8. The maximum atomic E-state index is 2.49. The molecule has 11 aromatic rings. The van der Waals surface area contributed by atoms with Crippen molar-refractivity contribution >= 4 is 85.6 Å². The summed E-state index contributed by atoms with van der Waals surface area (Å²) in [5, 5.41) is 13.0. The van der Waals surface area contributed by atoms with Crippen molar-refractivity contribution < 1.29 is 0 Å². The molecule has 0 fully saturated rings. The van der Waals surface area contributed by atoms with E-state index >= 15 is 0 Å². The highest BCUT2D eigenvalue weighted by Gasteiger charge is 2.22. The van der Waals surface area contributed by atoms with Crippen molar-refractivity contribution in [1.82, 2.24) is 4.57 Å². The molecule has 1 nitrogen and oxygen atoms in total. The zero-order valence-electron chi connectivity index (χ0n) is 27.1. The fourth-order valence-corrected chi connectivity index (χ4v) is 9.64. The summed E-state index contributed by atoms with van der Waals surface area (Å²) in [4.78, 5) is 0. The summed E-state index contributed by atoms with van der Waals surface area (Å²) in [6, 6.07) is 64.8. The van der Waals surface area contributed by atoms with Crippen LogP contribution in [0.2, 0.25) is 0 Å². The van der Waals surface area contributed by atoms with Crippen molar-refractivity contribution in [3.63, 3.8) is 0 Å². The molecule has 11 rings (SSSR count). The standard InChI is InChI=1S/C48H29NS/c1-2-13-30(14-3-1)31-25-27-32(28-26-31)49-43-23-10-8-20-40(43)46-45-36-18-6-4-15-33(36)41(29-42(45)34-16-5-7-19-37(34)47(46)49)39-22-12-21-38-35-17-9-11-24-44(35)50-48(38)39/h1-29H. The number of rotatable bonds is 3. The lowest BCUT2D eigenvalue weighted by Crippen LogP contribution is -1.95. The topological polar surface area (TPSA) is 4.93 Å². The van der Waals surface area contributed by atoms with Crippen LogP contribution in [0, 0.1) is 0 Å². The third-order valence-electron chi connectivity index (χ3n) is 10.6. The SMILES string of the molecule is c1ccc(-c2ccc(-n3c4ccccc4c4c5c6ccccc6c(-c6cccc7c6sc6ccccc67)cc5c5ccccc5c43)cc2)cc1. The molecule has 0 aliphatic heterocycles. The van der Waals surface area contributed by atoms with E-state index < -0.39 is 0 Å². The Balaban J connectivity index is 1.29. The van der Waals surface area contributed by atoms with E-state index in [1.807, 2.05) is 11.3 Å². The second-order valence-electron chi connectivity index (χ2n) is 13.2. The van der Waals surface area contributed by atoms with Crippen LogP contribution in [0.4, 0.5) is 0 Å². The van der Waals surface area contributed by atoms with Gasteiger partial charge in [-0.3, -0.25) is 0 Å². The molecule has 0 aliphatic rings. The fraction of sp³-hybridized carbons (Fsp3) is 0. The van der Waals surface area contributed by atoms with Crippen LogP contribution >= 0.6 is 11.3 Å². The molecule has 2 heterocycles. The minimum Gasteiger partial charge on any atom is -0.309 e. The van der Waals surface area contributed by atoms with Crippen molar-refractivity contribution in [3.05, 3.63) is 176 Å². The summed E-state index contributed by atoms with van der Waals surface area (Å²) in [5.74, 6) is 0. The number of para-hydroxylation sites is 1. The van der Waals surface area contributed by atoms with E-state index in [-0.39, 0.29) is 0 Å². The van der Waals surface area contributed by atoms with Crippen LogP contribution in [-0.2, 0) is 0 Å². The molecular weight excluding hydrogens is 623 g/mol. The Morgan fingerprint density at radius 3 is 1.80 bits per heavy atom. The molecule has 0 aliphatic carbocycles. The maximum Gasteiger partial charge on any atom is 0.0626 e. The van der Waals surface area contributed by atoms with E-state index in [9.17, 15) is 0 Å². The van der Waals surface area contributed by atoms with Gasteiger partial charge in [0.2, 0.25) is 0 Å². The molecule has 2 aromatic heterocycles. The van der Waals surface area contributed by atoms with Gasteiger partial charge in [0.25, 0.3) is 0 Å². The summed E-state index contributed by atoms with van der Waals surface area (Å²) in [5.41, 5.74) is 8.67. The molecule has 232 valence electrons. The molecule has 0 spiro atoms. The van der Waals surface area contributed by atoms with Crippen molar-refractivity contribution in [2.24, 2.45) is 0 Å². The van der Waals surface area contributed by atoms with E-state index in [0.717, 1.165) is 5.69 Å². The van der Waals surface area contributed by atoms with Gasteiger partial charge < -0.3 is 4.57 Å². The van der Waals surface area contributed by atoms with Crippen LogP contribution < -0.4 is 0 Å². The zero-order valence-corrected chi connectivity index (χ0v) is 27.9. The van der Waals surface area contributed by atoms with Gasteiger partial charge in [-0.05, 0) is 68.6 Å². The molecule has 9 aromatic carbocycles. The van der Waals surface area contributed by atoms with Gasteiger partial charge in [0.1, 0.15) is 0 Å². The van der Waals surface area contributed by atoms with E-state index in [2.05, 4.69) is 180 Å². The second kappa shape index (κ2) is 10.6. The van der Waals surface area contributed by atoms with Crippen molar-refractivity contribution in [3.8, 4) is 27.9 Å². The Morgan fingerprint density at radius 1 is 0.360 bits per heavy atom. The molecule has 0 saturated carbocycles. The Bertz CT molecular complexity index is 3130. The number of nitrogens with zero attached hydrogens (tertiary/aromatic N) is 1. The number of hydrogen-bond donors (Lipinski definition) is 0. The van der Waals surface area contributed by atoms with Gasteiger partial charge in [-0.2, -0.15) is 0 Å². The monoisotopic (exact) mass is 651 g/mol. The number of fused-ring (bicyclic) bond motifs is 13. The first-order valence-corrected chi connectivity index (χ1v) is 18.0. The van der Waals surface area contributed by atoms with Gasteiger partial charge in [0.15, 0.2) is 0 Å².